The van der Waals surface area contributed by atoms with Gasteiger partial charge < -0.3 is 10.4 Å². The van der Waals surface area contributed by atoms with Crippen LogP contribution in [0.25, 0.3) is 6.08 Å². The van der Waals surface area contributed by atoms with Gasteiger partial charge in [-0.15, -0.1) is 12.4 Å². The van der Waals surface area contributed by atoms with Gasteiger partial charge in [0.25, 0.3) is 0 Å². The summed E-state index contributed by atoms with van der Waals surface area (Å²) < 4.78 is 0. The molecular formula is C12H16ClNO2. The molecule has 0 saturated heterocycles. The van der Waals surface area contributed by atoms with Crippen LogP contribution in [0, 0.1) is 0 Å². The standard InChI is InChI=1S/C12H15NO2.ClH/c1-10(12(14)15)13-9-5-8-11-6-3-2-4-7-11;/h2-8,10,13H,9H2,1H3,(H,14,15);1H. The molecule has 0 bridgehead atoms. The van der Waals surface area contributed by atoms with Crippen molar-refractivity contribution in [2.24, 2.45) is 0 Å². The molecule has 16 heavy (non-hydrogen) atoms. The van der Waals surface area contributed by atoms with Gasteiger partial charge in [0.05, 0.1) is 0 Å². The summed E-state index contributed by atoms with van der Waals surface area (Å²) in [6, 6.07) is 9.38. The molecule has 0 saturated carbocycles. The predicted molar refractivity (Wildman–Crippen MR) is 67.8 cm³/mol. The number of halogens is 1. The van der Waals surface area contributed by atoms with E-state index in [-0.39, 0.29) is 12.4 Å². The molecule has 0 spiro atoms. The van der Waals surface area contributed by atoms with E-state index in [9.17, 15) is 4.79 Å². The van der Waals surface area contributed by atoms with Crippen molar-refractivity contribution in [1.82, 2.24) is 5.32 Å². The van der Waals surface area contributed by atoms with E-state index in [1.54, 1.807) is 6.92 Å². The third-order valence-corrected chi connectivity index (χ3v) is 2.02. The molecule has 1 unspecified atom stereocenters. The summed E-state index contributed by atoms with van der Waals surface area (Å²) >= 11 is 0. The topological polar surface area (TPSA) is 49.3 Å². The first-order chi connectivity index (χ1) is 7.20. The van der Waals surface area contributed by atoms with Crippen LogP contribution in [0.1, 0.15) is 12.5 Å². The lowest BCUT2D eigenvalue weighted by Crippen LogP contribution is -2.33. The zero-order valence-electron chi connectivity index (χ0n) is 9.09. The average Bonchev–Trinajstić information content (AvgIpc) is 2.25. The van der Waals surface area contributed by atoms with Crippen LogP contribution in [0.5, 0.6) is 0 Å². The number of hydrogen-bond acceptors (Lipinski definition) is 2. The maximum absolute atomic E-state index is 10.5. The summed E-state index contributed by atoms with van der Waals surface area (Å²) in [7, 11) is 0. The normalized spacial score (nSPS) is 12.1. The van der Waals surface area contributed by atoms with Gasteiger partial charge in [-0.2, -0.15) is 0 Å². The highest BCUT2D eigenvalue weighted by atomic mass is 35.5. The van der Waals surface area contributed by atoms with Crippen LogP contribution in [-0.2, 0) is 4.79 Å². The Morgan fingerprint density at radius 3 is 2.62 bits per heavy atom. The minimum atomic E-state index is -0.830. The van der Waals surface area contributed by atoms with Crippen LogP contribution in [-0.4, -0.2) is 23.7 Å². The van der Waals surface area contributed by atoms with E-state index in [1.165, 1.54) is 0 Å². The molecule has 0 aromatic heterocycles. The highest BCUT2D eigenvalue weighted by Crippen LogP contribution is 1.99. The highest BCUT2D eigenvalue weighted by Gasteiger charge is 2.06. The predicted octanol–water partition coefficient (Wildman–Crippen LogP) is 2.18. The molecule has 0 aliphatic rings. The molecule has 0 aliphatic carbocycles. The van der Waals surface area contributed by atoms with Gasteiger partial charge in [0.2, 0.25) is 0 Å². The van der Waals surface area contributed by atoms with Crippen LogP contribution in [0.4, 0.5) is 0 Å². The fourth-order valence-electron chi connectivity index (χ4n) is 1.09. The Morgan fingerprint density at radius 2 is 2.06 bits per heavy atom. The Bertz CT molecular complexity index is 338. The molecule has 2 N–H and O–H groups in total. The molecule has 1 aromatic carbocycles. The number of nitrogens with one attached hydrogen (secondary N) is 1. The van der Waals surface area contributed by atoms with Gasteiger partial charge in [0.15, 0.2) is 0 Å². The number of hydrogen-bond donors (Lipinski definition) is 2. The van der Waals surface area contributed by atoms with E-state index < -0.39 is 12.0 Å². The smallest absolute Gasteiger partial charge is 0.320 e. The second-order valence-corrected chi connectivity index (χ2v) is 3.28. The van der Waals surface area contributed by atoms with Crippen molar-refractivity contribution < 1.29 is 9.90 Å². The van der Waals surface area contributed by atoms with Crippen LogP contribution in [0.3, 0.4) is 0 Å². The average molecular weight is 242 g/mol. The molecule has 1 rings (SSSR count). The lowest BCUT2D eigenvalue weighted by Gasteiger charge is -2.05. The maximum Gasteiger partial charge on any atom is 0.320 e. The fraction of sp³-hybridized carbons (Fsp3) is 0.250. The third-order valence-electron chi connectivity index (χ3n) is 2.02. The van der Waals surface area contributed by atoms with Crippen LogP contribution >= 0.6 is 12.4 Å². The summed E-state index contributed by atoms with van der Waals surface area (Å²) in [6.07, 6.45) is 3.87. The van der Waals surface area contributed by atoms with Crippen molar-refractivity contribution in [3.63, 3.8) is 0 Å². The van der Waals surface area contributed by atoms with Crippen LogP contribution in [0.15, 0.2) is 36.4 Å². The zero-order chi connectivity index (χ0) is 11.1. The number of carbonyl (C=O) groups is 1. The molecule has 0 radical (unpaired) electrons. The quantitative estimate of drug-likeness (QED) is 0.831. The van der Waals surface area contributed by atoms with E-state index in [0.717, 1.165) is 5.56 Å². The van der Waals surface area contributed by atoms with E-state index in [1.807, 2.05) is 42.5 Å². The van der Waals surface area contributed by atoms with E-state index >= 15 is 0 Å². The molecule has 1 aromatic rings. The largest absolute Gasteiger partial charge is 0.480 e. The second kappa shape index (κ2) is 7.91. The summed E-state index contributed by atoms with van der Waals surface area (Å²) in [4.78, 5) is 10.5. The first kappa shape index (κ1) is 14.7. The van der Waals surface area contributed by atoms with Gasteiger partial charge in [-0.05, 0) is 12.5 Å². The molecular weight excluding hydrogens is 226 g/mol. The van der Waals surface area contributed by atoms with E-state index in [2.05, 4.69) is 5.32 Å². The van der Waals surface area contributed by atoms with Crippen LogP contribution < -0.4 is 5.32 Å². The first-order valence-electron chi connectivity index (χ1n) is 4.88. The number of aliphatic carboxylic acids is 1. The number of benzene rings is 1. The van der Waals surface area contributed by atoms with Gasteiger partial charge in [-0.25, -0.2) is 0 Å². The molecule has 0 fully saturated rings. The summed E-state index contributed by atoms with van der Waals surface area (Å²) in [5.74, 6) is -0.830. The highest BCUT2D eigenvalue weighted by molar-refractivity contribution is 5.85. The van der Waals surface area contributed by atoms with Gasteiger partial charge >= 0.3 is 5.97 Å². The van der Waals surface area contributed by atoms with E-state index in [0.29, 0.717) is 6.54 Å². The maximum atomic E-state index is 10.5. The van der Waals surface area contributed by atoms with Crippen molar-refractivity contribution in [1.29, 1.82) is 0 Å². The number of carboxylic acid groups (broad SMARTS) is 1. The molecule has 0 heterocycles. The minimum Gasteiger partial charge on any atom is -0.480 e. The summed E-state index contributed by atoms with van der Waals surface area (Å²) in [5.41, 5.74) is 1.11. The lowest BCUT2D eigenvalue weighted by molar-refractivity contribution is -0.138. The Labute approximate surface area is 102 Å². The Balaban J connectivity index is 0.00000225. The molecule has 88 valence electrons. The van der Waals surface area contributed by atoms with Gasteiger partial charge in [-0.1, -0.05) is 42.5 Å². The molecule has 4 heteroatoms. The van der Waals surface area contributed by atoms with Gasteiger partial charge in [0.1, 0.15) is 6.04 Å². The van der Waals surface area contributed by atoms with Crippen molar-refractivity contribution in [3.05, 3.63) is 42.0 Å². The Hall–Kier alpha value is -1.32. The lowest BCUT2D eigenvalue weighted by atomic mass is 10.2. The number of carboxylic acids is 1. The third kappa shape index (κ3) is 5.53. The van der Waals surface area contributed by atoms with Gasteiger partial charge in [0, 0.05) is 6.54 Å². The Morgan fingerprint density at radius 1 is 1.44 bits per heavy atom. The Kier molecular flexibility index (Phi) is 7.25. The minimum absolute atomic E-state index is 0. The van der Waals surface area contributed by atoms with E-state index in [4.69, 9.17) is 5.11 Å². The summed E-state index contributed by atoms with van der Waals surface area (Å²) in [6.45, 7) is 2.18. The van der Waals surface area contributed by atoms with Crippen molar-refractivity contribution >= 4 is 24.5 Å². The molecule has 3 nitrogen and oxygen atoms in total. The first-order valence-corrected chi connectivity index (χ1v) is 4.88. The number of rotatable bonds is 5. The molecule has 0 aliphatic heterocycles. The molecule has 1 atom stereocenters. The summed E-state index contributed by atoms with van der Waals surface area (Å²) in [5, 5.41) is 11.5. The second-order valence-electron chi connectivity index (χ2n) is 3.28. The SMILES string of the molecule is CC(NCC=Cc1ccccc1)C(=O)O.Cl. The fourth-order valence-corrected chi connectivity index (χ4v) is 1.09. The van der Waals surface area contributed by atoms with Crippen LogP contribution in [0.2, 0.25) is 0 Å². The van der Waals surface area contributed by atoms with Crippen molar-refractivity contribution in [3.8, 4) is 0 Å². The van der Waals surface area contributed by atoms with Gasteiger partial charge in [-0.3, -0.25) is 4.79 Å². The monoisotopic (exact) mass is 241 g/mol. The van der Waals surface area contributed by atoms with Crippen molar-refractivity contribution in [2.45, 2.75) is 13.0 Å². The zero-order valence-corrected chi connectivity index (χ0v) is 9.91. The van der Waals surface area contributed by atoms with Crippen molar-refractivity contribution in [2.75, 3.05) is 6.54 Å². The molecule has 0 amide bonds.